The first-order chi connectivity index (χ1) is 7.34. The third kappa shape index (κ3) is 1.37. The molecule has 2 heterocycles. The van der Waals surface area contributed by atoms with Gasteiger partial charge in [0.2, 0.25) is 0 Å². The van der Waals surface area contributed by atoms with Gasteiger partial charge in [-0.3, -0.25) is 5.10 Å². The molecule has 4 heteroatoms. The van der Waals surface area contributed by atoms with E-state index < -0.39 is 0 Å². The maximum atomic E-state index is 4.64. The molecule has 2 aromatic rings. The van der Waals surface area contributed by atoms with Crippen molar-refractivity contribution in [3.63, 3.8) is 0 Å². The highest BCUT2D eigenvalue weighted by Crippen LogP contribution is 2.24. The number of aryl methyl sites for hydroxylation is 3. The zero-order chi connectivity index (χ0) is 10.3. The Kier molecular flexibility index (Phi) is 1.87. The second-order valence-corrected chi connectivity index (χ2v) is 4.13. The number of nitrogens with zero attached hydrogens (tertiary/aromatic N) is 2. The molecule has 2 N–H and O–H groups in total. The summed E-state index contributed by atoms with van der Waals surface area (Å²) < 4.78 is 0. The third-order valence-corrected chi connectivity index (χ3v) is 3.04. The van der Waals surface area contributed by atoms with Crippen LogP contribution in [0.3, 0.4) is 0 Å². The van der Waals surface area contributed by atoms with Gasteiger partial charge in [0.05, 0.1) is 17.5 Å². The quantitative estimate of drug-likeness (QED) is 0.743. The molecule has 78 valence electrons. The molecule has 0 saturated carbocycles. The Bertz CT molecular complexity index is 457. The Morgan fingerprint density at radius 2 is 2.13 bits per heavy atom. The summed E-state index contributed by atoms with van der Waals surface area (Å²) in [5.74, 6) is 0.966. The third-order valence-electron chi connectivity index (χ3n) is 3.04. The van der Waals surface area contributed by atoms with Gasteiger partial charge in [-0.2, -0.15) is 5.10 Å². The van der Waals surface area contributed by atoms with Crippen molar-refractivity contribution in [2.24, 2.45) is 0 Å². The minimum absolute atomic E-state index is 0.966. The number of aromatic amines is 2. The summed E-state index contributed by atoms with van der Waals surface area (Å²) in [6, 6.07) is 0. The van der Waals surface area contributed by atoms with Crippen LogP contribution in [0, 0.1) is 6.92 Å². The Balaban J connectivity index is 2.06. The fourth-order valence-electron chi connectivity index (χ4n) is 2.17. The Morgan fingerprint density at radius 3 is 2.87 bits per heavy atom. The van der Waals surface area contributed by atoms with Crippen LogP contribution < -0.4 is 0 Å². The van der Waals surface area contributed by atoms with Gasteiger partial charge in [-0.25, -0.2) is 4.98 Å². The summed E-state index contributed by atoms with van der Waals surface area (Å²) in [7, 11) is 0. The fraction of sp³-hybridized carbons (Fsp3) is 0.455. The van der Waals surface area contributed by atoms with E-state index in [2.05, 4.69) is 20.2 Å². The average Bonchev–Trinajstić information content (AvgIpc) is 2.82. The fourth-order valence-corrected chi connectivity index (χ4v) is 2.17. The maximum absolute atomic E-state index is 4.64. The molecule has 0 atom stereocenters. The summed E-state index contributed by atoms with van der Waals surface area (Å²) in [6.45, 7) is 2.02. The van der Waals surface area contributed by atoms with Crippen LogP contribution in [0.2, 0.25) is 0 Å². The van der Waals surface area contributed by atoms with Crippen molar-refractivity contribution in [1.29, 1.82) is 0 Å². The van der Waals surface area contributed by atoms with Crippen molar-refractivity contribution >= 4 is 0 Å². The van der Waals surface area contributed by atoms with Gasteiger partial charge in [-0.1, -0.05) is 0 Å². The Morgan fingerprint density at radius 1 is 1.27 bits per heavy atom. The molecule has 2 aromatic heterocycles. The lowest BCUT2D eigenvalue weighted by Crippen LogP contribution is -2.00. The predicted molar refractivity (Wildman–Crippen MR) is 57.5 cm³/mol. The summed E-state index contributed by atoms with van der Waals surface area (Å²) in [5.41, 5.74) is 4.72. The number of imidazole rings is 1. The van der Waals surface area contributed by atoms with Crippen molar-refractivity contribution in [3.8, 4) is 11.4 Å². The van der Waals surface area contributed by atoms with Gasteiger partial charge < -0.3 is 4.98 Å². The monoisotopic (exact) mass is 202 g/mol. The van der Waals surface area contributed by atoms with Crippen LogP contribution in [0.25, 0.3) is 11.4 Å². The zero-order valence-electron chi connectivity index (χ0n) is 8.80. The first kappa shape index (κ1) is 8.71. The van der Waals surface area contributed by atoms with Crippen LogP contribution in [-0.4, -0.2) is 20.2 Å². The lowest BCUT2D eigenvalue weighted by molar-refractivity contribution is 0.667. The molecule has 0 fully saturated rings. The molecule has 0 amide bonds. The van der Waals surface area contributed by atoms with Gasteiger partial charge in [0.25, 0.3) is 0 Å². The molecule has 0 aromatic carbocycles. The normalized spacial score (nSPS) is 15.3. The molecular formula is C11H14N4. The molecule has 15 heavy (non-hydrogen) atoms. The highest BCUT2D eigenvalue weighted by atomic mass is 15.1. The highest BCUT2D eigenvalue weighted by molar-refractivity contribution is 5.57. The van der Waals surface area contributed by atoms with E-state index in [1.54, 1.807) is 0 Å². The van der Waals surface area contributed by atoms with Gasteiger partial charge in [-0.05, 0) is 32.6 Å². The standard InChI is InChI=1S/C11H14N4/c1-7-8(6-12-15-7)11-13-9-4-2-3-5-10(9)14-11/h6H,2-5H2,1H3,(H,12,15)(H,13,14). The van der Waals surface area contributed by atoms with Crippen molar-refractivity contribution in [3.05, 3.63) is 23.3 Å². The van der Waals surface area contributed by atoms with E-state index in [9.17, 15) is 0 Å². The number of hydrogen-bond acceptors (Lipinski definition) is 2. The molecule has 1 aliphatic rings. The molecule has 4 nitrogen and oxygen atoms in total. The molecule has 0 bridgehead atoms. The smallest absolute Gasteiger partial charge is 0.141 e. The average molecular weight is 202 g/mol. The molecule has 3 rings (SSSR count). The minimum Gasteiger partial charge on any atom is -0.342 e. The largest absolute Gasteiger partial charge is 0.342 e. The van der Waals surface area contributed by atoms with Gasteiger partial charge in [0.1, 0.15) is 5.82 Å². The van der Waals surface area contributed by atoms with E-state index in [-0.39, 0.29) is 0 Å². The van der Waals surface area contributed by atoms with E-state index in [1.165, 1.54) is 24.2 Å². The molecule has 1 aliphatic carbocycles. The molecule has 0 unspecified atom stereocenters. The summed E-state index contributed by atoms with van der Waals surface area (Å²) in [4.78, 5) is 8.04. The van der Waals surface area contributed by atoms with E-state index in [4.69, 9.17) is 0 Å². The van der Waals surface area contributed by atoms with Gasteiger partial charge >= 0.3 is 0 Å². The number of nitrogens with one attached hydrogen (secondary N) is 2. The number of rotatable bonds is 1. The zero-order valence-corrected chi connectivity index (χ0v) is 8.80. The second-order valence-electron chi connectivity index (χ2n) is 4.13. The summed E-state index contributed by atoms with van der Waals surface area (Å²) >= 11 is 0. The van der Waals surface area contributed by atoms with Crippen LogP contribution in [0.1, 0.15) is 29.9 Å². The summed E-state index contributed by atoms with van der Waals surface area (Å²) in [6.07, 6.45) is 6.63. The Labute approximate surface area is 88.1 Å². The SMILES string of the molecule is Cc1[nH]ncc1-c1nc2c([nH]1)CCCC2. The topological polar surface area (TPSA) is 57.4 Å². The van der Waals surface area contributed by atoms with Gasteiger partial charge in [-0.15, -0.1) is 0 Å². The number of hydrogen-bond donors (Lipinski definition) is 2. The van der Waals surface area contributed by atoms with Crippen LogP contribution >= 0.6 is 0 Å². The first-order valence-corrected chi connectivity index (χ1v) is 5.42. The maximum Gasteiger partial charge on any atom is 0.141 e. The van der Waals surface area contributed by atoms with Crippen LogP contribution in [0.4, 0.5) is 0 Å². The molecule has 0 aliphatic heterocycles. The van der Waals surface area contributed by atoms with E-state index in [0.29, 0.717) is 0 Å². The Hall–Kier alpha value is -1.58. The van der Waals surface area contributed by atoms with Crippen molar-refractivity contribution in [2.75, 3.05) is 0 Å². The van der Waals surface area contributed by atoms with Crippen LogP contribution in [-0.2, 0) is 12.8 Å². The van der Waals surface area contributed by atoms with Crippen LogP contribution in [0.5, 0.6) is 0 Å². The molecule has 0 radical (unpaired) electrons. The van der Waals surface area contributed by atoms with E-state index in [0.717, 1.165) is 29.9 Å². The van der Waals surface area contributed by atoms with Gasteiger partial charge in [0, 0.05) is 11.4 Å². The number of fused-ring (bicyclic) bond motifs is 1. The van der Waals surface area contributed by atoms with Gasteiger partial charge in [0.15, 0.2) is 0 Å². The van der Waals surface area contributed by atoms with E-state index >= 15 is 0 Å². The predicted octanol–water partition coefficient (Wildman–Crippen LogP) is 1.99. The van der Waals surface area contributed by atoms with E-state index in [1.807, 2.05) is 13.1 Å². The molecular weight excluding hydrogens is 188 g/mol. The second kappa shape index (κ2) is 3.22. The van der Waals surface area contributed by atoms with Crippen molar-refractivity contribution in [1.82, 2.24) is 20.2 Å². The lowest BCUT2D eigenvalue weighted by Gasteiger charge is -2.07. The number of H-pyrrole nitrogens is 2. The lowest BCUT2D eigenvalue weighted by atomic mass is 10.0. The minimum atomic E-state index is 0.966. The summed E-state index contributed by atoms with van der Waals surface area (Å²) in [5, 5.41) is 6.96. The van der Waals surface area contributed by atoms with Crippen molar-refractivity contribution < 1.29 is 0 Å². The molecule has 0 spiro atoms. The highest BCUT2D eigenvalue weighted by Gasteiger charge is 2.16. The van der Waals surface area contributed by atoms with Crippen molar-refractivity contribution in [2.45, 2.75) is 32.6 Å². The molecule has 0 saturated heterocycles. The number of aromatic nitrogens is 4. The first-order valence-electron chi connectivity index (χ1n) is 5.42. The van der Waals surface area contributed by atoms with Crippen LogP contribution in [0.15, 0.2) is 6.20 Å².